The van der Waals surface area contributed by atoms with E-state index in [1.807, 2.05) is 24.3 Å². The zero-order chi connectivity index (χ0) is 17.4. The second-order valence-corrected chi connectivity index (χ2v) is 5.31. The number of benzene rings is 2. The first-order valence-corrected chi connectivity index (χ1v) is 7.84. The third-order valence-corrected chi connectivity index (χ3v) is 3.44. The Hall–Kier alpha value is -2.89. The molecular formula is C18H20N2O4. The molecule has 0 aromatic heterocycles. The number of ether oxygens (including phenoxy) is 1. The topological polar surface area (TPSA) is 81.5 Å². The average molecular weight is 328 g/mol. The fourth-order valence-corrected chi connectivity index (χ4v) is 2.24. The molecule has 0 aliphatic heterocycles. The van der Waals surface area contributed by atoms with E-state index in [1.165, 1.54) is 29.8 Å². The molecule has 0 heterocycles. The molecule has 6 nitrogen and oxygen atoms in total. The van der Waals surface area contributed by atoms with Gasteiger partial charge in [-0.2, -0.15) is 0 Å². The first-order valence-electron chi connectivity index (χ1n) is 7.84. The number of nitro groups is 1. The highest BCUT2D eigenvalue weighted by molar-refractivity contribution is 5.94. The lowest BCUT2D eigenvalue weighted by atomic mass is 10.1. The quantitative estimate of drug-likeness (QED) is 0.458. The number of hydrogen-bond acceptors (Lipinski definition) is 4. The second-order valence-electron chi connectivity index (χ2n) is 5.31. The number of carbonyl (C=O) groups excluding carboxylic acids is 1. The summed E-state index contributed by atoms with van der Waals surface area (Å²) in [5.74, 6) is 0.389. The van der Waals surface area contributed by atoms with Crippen LogP contribution < -0.4 is 10.1 Å². The summed E-state index contributed by atoms with van der Waals surface area (Å²) in [6, 6.07) is 13.5. The molecule has 126 valence electrons. The minimum Gasteiger partial charge on any atom is -0.492 e. The van der Waals surface area contributed by atoms with E-state index >= 15 is 0 Å². The van der Waals surface area contributed by atoms with E-state index in [2.05, 4.69) is 12.2 Å². The minimum absolute atomic E-state index is 0.105. The minimum atomic E-state index is -0.526. The lowest BCUT2D eigenvalue weighted by Crippen LogP contribution is -2.28. The van der Waals surface area contributed by atoms with Gasteiger partial charge < -0.3 is 10.1 Å². The van der Waals surface area contributed by atoms with Gasteiger partial charge in [0.05, 0.1) is 11.5 Å². The number of amides is 1. The Morgan fingerprint density at radius 3 is 2.62 bits per heavy atom. The van der Waals surface area contributed by atoms with Crippen LogP contribution in [0, 0.1) is 10.1 Å². The molecule has 0 fully saturated rings. The smallest absolute Gasteiger partial charge is 0.270 e. The van der Waals surface area contributed by atoms with E-state index in [9.17, 15) is 14.9 Å². The highest BCUT2D eigenvalue weighted by Gasteiger charge is 2.10. The largest absolute Gasteiger partial charge is 0.492 e. The van der Waals surface area contributed by atoms with E-state index < -0.39 is 4.92 Å². The molecule has 6 heteroatoms. The third-order valence-electron chi connectivity index (χ3n) is 3.44. The first-order chi connectivity index (χ1) is 11.6. The molecule has 0 aliphatic carbocycles. The van der Waals surface area contributed by atoms with Crippen molar-refractivity contribution >= 4 is 11.6 Å². The van der Waals surface area contributed by atoms with Crippen molar-refractivity contribution < 1.29 is 14.5 Å². The molecular weight excluding hydrogens is 308 g/mol. The molecule has 1 amide bonds. The molecule has 24 heavy (non-hydrogen) atoms. The van der Waals surface area contributed by atoms with Crippen LogP contribution in [0.2, 0.25) is 0 Å². The summed E-state index contributed by atoms with van der Waals surface area (Å²) in [6.45, 7) is 2.78. The number of non-ortho nitro benzene ring substituents is 1. The molecule has 0 radical (unpaired) electrons. The predicted molar refractivity (Wildman–Crippen MR) is 91.4 cm³/mol. The molecule has 0 aliphatic rings. The van der Waals surface area contributed by atoms with E-state index in [0.717, 1.165) is 18.6 Å². The van der Waals surface area contributed by atoms with Crippen LogP contribution in [0.1, 0.15) is 29.3 Å². The number of nitrogens with zero attached hydrogens (tertiary/aromatic N) is 1. The van der Waals surface area contributed by atoms with Crippen molar-refractivity contribution in [1.82, 2.24) is 5.32 Å². The van der Waals surface area contributed by atoms with Gasteiger partial charge in [0, 0.05) is 17.7 Å². The summed E-state index contributed by atoms with van der Waals surface area (Å²) in [5.41, 5.74) is 1.42. The van der Waals surface area contributed by atoms with Gasteiger partial charge in [-0.15, -0.1) is 0 Å². The molecule has 0 saturated carbocycles. The maximum Gasteiger partial charge on any atom is 0.270 e. The highest BCUT2D eigenvalue weighted by Crippen LogP contribution is 2.14. The highest BCUT2D eigenvalue weighted by atomic mass is 16.6. The van der Waals surface area contributed by atoms with E-state index in [-0.39, 0.29) is 17.2 Å². The summed E-state index contributed by atoms with van der Waals surface area (Å²) < 4.78 is 5.56. The standard InChI is InChI=1S/C18H20N2O4/c1-2-4-14-7-9-17(10-8-14)24-12-11-19-18(21)15-5-3-6-16(13-15)20(22)23/h3,5-10,13H,2,4,11-12H2,1H3,(H,19,21). The van der Waals surface area contributed by atoms with Crippen LogP contribution in [-0.2, 0) is 6.42 Å². The average Bonchev–Trinajstić information content (AvgIpc) is 2.60. The van der Waals surface area contributed by atoms with Gasteiger partial charge in [-0.3, -0.25) is 14.9 Å². The summed E-state index contributed by atoms with van der Waals surface area (Å²) in [4.78, 5) is 22.1. The van der Waals surface area contributed by atoms with Gasteiger partial charge in [0.2, 0.25) is 0 Å². The molecule has 0 unspecified atom stereocenters. The van der Waals surface area contributed by atoms with Crippen LogP contribution in [0.25, 0.3) is 0 Å². The zero-order valence-electron chi connectivity index (χ0n) is 13.5. The fraction of sp³-hybridized carbons (Fsp3) is 0.278. The van der Waals surface area contributed by atoms with Crippen molar-refractivity contribution in [2.24, 2.45) is 0 Å². The van der Waals surface area contributed by atoms with E-state index in [0.29, 0.717) is 13.2 Å². The van der Waals surface area contributed by atoms with E-state index in [4.69, 9.17) is 4.74 Å². The van der Waals surface area contributed by atoms with Crippen LogP contribution in [0.3, 0.4) is 0 Å². The van der Waals surface area contributed by atoms with Crippen molar-refractivity contribution in [1.29, 1.82) is 0 Å². The van der Waals surface area contributed by atoms with Gasteiger partial charge in [-0.25, -0.2) is 0 Å². The number of nitrogens with one attached hydrogen (secondary N) is 1. The zero-order valence-corrected chi connectivity index (χ0v) is 13.5. The number of rotatable bonds is 8. The van der Waals surface area contributed by atoms with Crippen molar-refractivity contribution in [3.63, 3.8) is 0 Å². The van der Waals surface area contributed by atoms with Crippen LogP contribution in [0.4, 0.5) is 5.69 Å². The molecule has 2 rings (SSSR count). The van der Waals surface area contributed by atoms with Crippen molar-refractivity contribution in [2.45, 2.75) is 19.8 Å². The maximum atomic E-state index is 12.0. The van der Waals surface area contributed by atoms with Crippen LogP contribution >= 0.6 is 0 Å². The SMILES string of the molecule is CCCc1ccc(OCCNC(=O)c2cccc([N+](=O)[O-])c2)cc1. The molecule has 2 aromatic rings. The Labute approximate surface area is 140 Å². The number of aryl methyl sites for hydroxylation is 1. The molecule has 0 saturated heterocycles. The van der Waals surface area contributed by atoms with Gasteiger partial charge in [-0.05, 0) is 30.2 Å². The van der Waals surface area contributed by atoms with Gasteiger partial charge in [0.15, 0.2) is 0 Å². The monoisotopic (exact) mass is 328 g/mol. The van der Waals surface area contributed by atoms with Crippen LogP contribution in [0.15, 0.2) is 48.5 Å². The summed E-state index contributed by atoms with van der Waals surface area (Å²) in [6.07, 6.45) is 2.14. The van der Waals surface area contributed by atoms with Crippen molar-refractivity contribution in [3.05, 3.63) is 69.8 Å². The second kappa shape index (κ2) is 8.67. The third kappa shape index (κ3) is 5.08. The maximum absolute atomic E-state index is 12.0. The Kier molecular flexibility index (Phi) is 6.31. The fourth-order valence-electron chi connectivity index (χ4n) is 2.24. The Balaban J connectivity index is 1.78. The van der Waals surface area contributed by atoms with Gasteiger partial charge in [-0.1, -0.05) is 31.5 Å². The Bertz CT molecular complexity index is 698. The van der Waals surface area contributed by atoms with Crippen molar-refractivity contribution in [3.8, 4) is 5.75 Å². The molecule has 0 bridgehead atoms. The normalized spacial score (nSPS) is 10.2. The molecule has 1 N–H and O–H groups in total. The number of nitro benzene ring substituents is 1. The van der Waals surface area contributed by atoms with Crippen LogP contribution in [-0.4, -0.2) is 24.0 Å². The van der Waals surface area contributed by atoms with Crippen molar-refractivity contribution in [2.75, 3.05) is 13.2 Å². The van der Waals surface area contributed by atoms with Gasteiger partial charge in [0.1, 0.15) is 12.4 Å². The first kappa shape index (κ1) is 17.5. The van der Waals surface area contributed by atoms with Gasteiger partial charge in [0.25, 0.3) is 11.6 Å². The predicted octanol–water partition coefficient (Wildman–Crippen LogP) is 3.36. The van der Waals surface area contributed by atoms with E-state index in [1.54, 1.807) is 0 Å². The lowest BCUT2D eigenvalue weighted by molar-refractivity contribution is -0.384. The van der Waals surface area contributed by atoms with Crippen LogP contribution in [0.5, 0.6) is 5.75 Å². The lowest BCUT2D eigenvalue weighted by Gasteiger charge is -2.08. The Morgan fingerprint density at radius 2 is 1.96 bits per heavy atom. The number of carbonyl (C=O) groups is 1. The molecule has 0 spiro atoms. The Morgan fingerprint density at radius 1 is 1.21 bits per heavy atom. The number of hydrogen-bond donors (Lipinski definition) is 1. The summed E-state index contributed by atoms with van der Waals surface area (Å²) >= 11 is 0. The van der Waals surface area contributed by atoms with Gasteiger partial charge >= 0.3 is 0 Å². The molecule has 0 atom stereocenters. The molecule has 2 aromatic carbocycles. The summed E-state index contributed by atoms with van der Waals surface area (Å²) in [7, 11) is 0. The summed E-state index contributed by atoms with van der Waals surface area (Å²) in [5, 5.41) is 13.4.